The summed E-state index contributed by atoms with van der Waals surface area (Å²) in [6, 6.07) is 7.87. The molecule has 1 aromatic carbocycles. The third-order valence-corrected chi connectivity index (χ3v) is 4.37. The minimum atomic E-state index is -0.350. The Morgan fingerprint density at radius 3 is 2.71 bits per heavy atom. The first-order chi connectivity index (χ1) is 11.5. The van der Waals surface area contributed by atoms with E-state index in [1.54, 1.807) is 6.21 Å². The SMILES string of the molecule is CC(=O)OCCC1S/C(=N/N=C\c2ccc(N(C)C)cc2)NC1=O. The van der Waals surface area contributed by atoms with Gasteiger partial charge in [0.15, 0.2) is 5.17 Å². The predicted molar refractivity (Wildman–Crippen MR) is 96.6 cm³/mol. The van der Waals surface area contributed by atoms with Crippen molar-refractivity contribution in [3.63, 3.8) is 0 Å². The highest BCUT2D eigenvalue weighted by Gasteiger charge is 2.30. The van der Waals surface area contributed by atoms with Crippen LogP contribution in [-0.2, 0) is 14.3 Å². The number of thioether (sulfide) groups is 1. The molecule has 1 unspecified atom stereocenters. The zero-order valence-electron chi connectivity index (χ0n) is 13.9. The molecule has 0 spiro atoms. The van der Waals surface area contributed by atoms with Crippen LogP contribution in [0.3, 0.4) is 0 Å². The lowest BCUT2D eigenvalue weighted by atomic mass is 10.2. The Kier molecular flexibility index (Phi) is 6.36. The topological polar surface area (TPSA) is 83.4 Å². The Morgan fingerprint density at radius 2 is 2.08 bits per heavy atom. The molecule has 0 saturated carbocycles. The monoisotopic (exact) mass is 348 g/mol. The number of amidine groups is 1. The Morgan fingerprint density at radius 1 is 1.38 bits per heavy atom. The minimum absolute atomic E-state index is 0.142. The van der Waals surface area contributed by atoms with Crippen molar-refractivity contribution in [2.45, 2.75) is 18.6 Å². The first kappa shape index (κ1) is 18.0. The number of amides is 1. The molecule has 24 heavy (non-hydrogen) atoms. The summed E-state index contributed by atoms with van der Waals surface area (Å²) in [7, 11) is 3.96. The molecule has 7 nitrogen and oxygen atoms in total. The van der Waals surface area contributed by atoms with E-state index in [9.17, 15) is 9.59 Å². The fourth-order valence-corrected chi connectivity index (χ4v) is 2.86. The lowest BCUT2D eigenvalue weighted by molar-refractivity contribution is -0.141. The van der Waals surface area contributed by atoms with E-state index < -0.39 is 0 Å². The van der Waals surface area contributed by atoms with Gasteiger partial charge in [0.1, 0.15) is 0 Å². The quantitative estimate of drug-likeness (QED) is 0.480. The summed E-state index contributed by atoms with van der Waals surface area (Å²) >= 11 is 1.29. The number of nitrogens with one attached hydrogen (secondary N) is 1. The van der Waals surface area contributed by atoms with Gasteiger partial charge in [0.2, 0.25) is 5.91 Å². The largest absolute Gasteiger partial charge is 0.466 e. The van der Waals surface area contributed by atoms with E-state index in [0.717, 1.165) is 11.3 Å². The van der Waals surface area contributed by atoms with Gasteiger partial charge in [-0.05, 0) is 17.7 Å². The van der Waals surface area contributed by atoms with Crippen molar-refractivity contribution >= 4 is 40.7 Å². The minimum Gasteiger partial charge on any atom is -0.466 e. The van der Waals surface area contributed by atoms with Crippen molar-refractivity contribution in [2.24, 2.45) is 10.2 Å². The van der Waals surface area contributed by atoms with E-state index in [1.165, 1.54) is 18.7 Å². The second-order valence-electron chi connectivity index (χ2n) is 5.36. The molecule has 0 radical (unpaired) electrons. The molecule has 1 aromatic rings. The number of carbonyl (C=O) groups is 2. The highest BCUT2D eigenvalue weighted by atomic mass is 32.2. The molecule has 128 valence electrons. The van der Waals surface area contributed by atoms with Crippen LogP contribution in [0.5, 0.6) is 0 Å². The standard InChI is InChI=1S/C16H20N4O3S/c1-11(21)23-9-8-14-15(22)18-16(24-14)19-17-10-12-4-6-13(7-5-12)20(2)3/h4-7,10,14H,8-9H2,1-3H3,(H,18,19,22)/b17-10-. The van der Waals surface area contributed by atoms with Crippen LogP contribution in [0.25, 0.3) is 0 Å². The molecule has 1 aliphatic heterocycles. The number of rotatable bonds is 6. The van der Waals surface area contributed by atoms with E-state index in [4.69, 9.17) is 4.74 Å². The van der Waals surface area contributed by atoms with Gasteiger partial charge in [0.25, 0.3) is 0 Å². The van der Waals surface area contributed by atoms with Gasteiger partial charge in [-0.1, -0.05) is 23.9 Å². The summed E-state index contributed by atoms with van der Waals surface area (Å²) < 4.78 is 4.85. The predicted octanol–water partition coefficient (Wildman–Crippen LogP) is 1.63. The highest BCUT2D eigenvalue weighted by molar-refractivity contribution is 8.15. The van der Waals surface area contributed by atoms with Crippen LogP contribution in [0.2, 0.25) is 0 Å². The average molecular weight is 348 g/mol. The van der Waals surface area contributed by atoms with Crippen LogP contribution in [0, 0.1) is 0 Å². The number of hydrogen-bond acceptors (Lipinski definition) is 7. The van der Waals surface area contributed by atoms with Gasteiger partial charge in [0, 0.05) is 33.1 Å². The molecule has 1 saturated heterocycles. The smallest absolute Gasteiger partial charge is 0.302 e. The summed E-state index contributed by atoms with van der Waals surface area (Å²) in [5.41, 5.74) is 2.03. The van der Waals surface area contributed by atoms with Crippen molar-refractivity contribution in [3.05, 3.63) is 29.8 Å². The maximum atomic E-state index is 11.8. The summed E-state index contributed by atoms with van der Waals surface area (Å²) in [5.74, 6) is -0.492. The maximum absolute atomic E-state index is 11.8. The first-order valence-electron chi connectivity index (χ1n) is 7.45. The molecule has 1 atom stereocenters. The number of benzene rings is 1. The van der Waals surface area contributed by atoms with Crippen LogP contribution >= 0.6 is 11.8 Å². The number of hydrogen-bond donors (Lipinski definition) is 1. The molecule has 1 amide bonds. The molecule has 0 aromatic heterocycles. The zero-order valence-corrected chi connectivity index (χ0v) is 14.7. The zero-order chi connectivity index (χ0) is 17.5. The molecule has 1 N–H and O–H groups in total. The third-order valence-electron chi connectivity index (χ3n) is 3.23. The second kappa shape index (κ2) is 8.49. The molecule has 1 aliphatic rings. The Balaban J connectivity index is 1.87. The van der Waals surface area contributed by atoms with Crippen LogP contribution in [-0.4, -0.2) is 49.2 Å². The van der Waals surface area contributed by atoms with Crippen molar-refractivity contribution in [1.82, 2.24) is 5.32 Å². The van der Waals surface area contributed by atoms with Gasteiger partial charge in [-0.3, -0.25) is 9.59 Å². The molecular formula is C16H20N4O3S. The van der Waals surface area contributed by atoms with Gasteiger partial charge in [-0.15, -0.1) is 5.10 Å². The number of ether oxygens (including phenoxy) is 1. The third kappa shape index (κ3) is 5.38. The highest BCUT2D eigenvalue weighted by Crippen LogP contribution is 2.22. The summed E-state index contributed by atoms with van der Waals surface area (Å²) in [6.45, 7) is 1.56. The van der Waals surface area contributed by atoms with Crippen LogP contribution in [0.1, 0.15) is 18.9 Å². The first-order valence-corrected chi connectivity index (χ1v) is 8.33. The molecule has 0 aliphatic carbocycles. The van der Waals surface area contributed by atoms with Crippen LogP contribution in [0.15, 0.2) is 34.5 Å². The molecule has 2 rings (SSSR count). The van der Waals surface area contributed by atoms with Crippen molar-refractivity contribution in [1.29, 1.82) is 0 Å². The van der Waals surface area contributed by atoms with Crippen LogP contribution in [0.4, 0.5) is 5.69 Å². The lowest BCUT2D eigenvalue weighted by Gasteiger charge is -2.11. The fraction of sp³-hybridized carbons (Fsp3) is 0.375. The molecular weight excluding hydrogens is 328 g/mol. The summed E-state index contributed by atoms with van der Waals surface area (Å²) in [4.78, 5) is 24.5. The van der Waals surface area contributed by atoms with Crippen molar-refractivity contribution < 1.29 is 14.3 Å². The Hall–Kier alpha value is -2.35. The normalized spacial score (nSPS) is 18.9. The second-order valence-corrected chi connectivity index (χ2v) is 6.55. The summed E-state index contributed by atoms with van der Waals surface area (Å²) in [5, 5.41) is 10.8. The van der Waals surface area contributed by atoms with E-state index in [-0.39, 0.29) is 23.7 Å². The van der Waals surface area contributed by atoms with E-state index in [0.29, 0.717) is 11.6 Å². The van der Waals surface area contributed by atoms with Crippen LogP contribution < -0.4 is 10.2 Å². The number of esters is 1. The van der Waals surface area contributed by atoms with Gasteiger partial charge in [-0.2, -0.15) is 5.10 Å². The Labute approximate surface area is 145 Å². The Bertz CT molecular complexity index is 656. The van der Waals surface area contributed by atoms with E-state index >= 15 is 0 Å². The van der Waals surface area contributed by atoms with E-state index in [2.05, 4.69) is 15.5 Å². The average Bonchev–Trinajstić information content (AvgIpc) is 2.87. The number of carbonyl (C=O) groups excluding carboxylic acids is 2. The molecule has 1 heterocycles. The number of nitrogens with zero attached hydrogens (tertiary/aromatic N) is 3. The number of anilines is 1. The maximum Gasteiger partial charge on any atom is 0.302 e. The molecule has 0 bridgehead atoms. The van der Waals surface area contributed by atoms with Gasteiger partial charge >= 0.3 is 5.97 Å². The fourth-order valence-electron chi connectivity index (χ4n) is 1.96. The van der Waals surface area contributed by atoms with Gasteiger partial charge in [-0.25, -0.2) is 0 Å². The molecule has 8 heteroatoms. The lowest BCUT2D eigenvalue weighted by Crippen LogP contribution is -2.25. The van der Waals surface area contributed by atoms with E-state index in [1.807, 2.05) is 43.3 Å². The van der Waals surface area contributed by atoms with Gasteiger partial charge < -0.3 is 15.0 Å². The van der Waals surface area contributed by atoms with Gasteiger partial charge in [0.05, 0.1) is 18.1 Å². The molecule has 1 fully saturated rings. The van der Waals surface area contributed by atoms with Crippen molar-refractivity contribution in [2.75, 3.05) is 25.6 Å². The summed E-state index contributed by atoms with van der Waals surface area (Å²) in [6.07, 6.45) is 2.08. The van der Waals surface area contributed by atoms with Crippen molar-refractivity contribution in [3.8, 4) is 0 Å².